The van der Waals surface area contributed by atoms with Gasteiger partial charge in [0.05, 0.1) is 17.8 Å². The first-order valence-corrected chi connectivity index (χ1v) is 9.58. The number of ketones is 1. The number of halogens is 1. The third-order valence-electron chi connectivity index (χ3n) is 4.53. The Morgan fingerprint density at radius 1 is 1.30 bits per heavy atom. The molecule has 0 unspecified atom stereocenters. The van der Waals surface area contributed by atoms with Gasteiger partial charge in [0, 0.05) is 31.5 Å². The van der Waals surface area contributed by atoms with Gasteiger partial charge in [-0.15, -0.1) is 0 Å². The number of hydrogen-bond donors (Lipinski definition) is 3. The number of benzene rings is 1. The van der Waals surface area contributed by atoms with E-state index in [9.17, 15) is 18.8 Å². The Hall–Kier alpha value is -3.07. The van der Waals surface area contributed by atoms with Crippen molar-refractivity contribution in [3.63, 3.8) is 0 Å². The number of hydrogen-bond acceptors (Lipinski definition) is 6. The van der Waals surface area contributed by atoms with Crippen LogP contribution < -0.4 is 5.32 Å². The second-order valence-corrected chi connectivity index (χ2v) is 7.10. The number of aromatic amines is 1. The van der Waals surface area contributed by atoms with E-state index in [0.29, 0.717) is 22.7 Å². The summed E-state index contributed by atoms with van der Waals surface area (Å²) in [6.07, 6.45) is 1.01. The van der Waals surface area contributed by atoms with Crippen LogP contribution in [-0.2, 0) is 30.3 Å². The smallest absolute Gasteiger partial charge is 0.328 e. The highest BCUT2D eigenvalue weighted by molar-refractivity contribution is 6.26. The third kappa shape index (κ3) is 5.96. The molecule has 0 spiro atoms. The van der Waals surface area contributed by atoms with Gasteiger partial charge in [-0.1, -0.05) is 12.1 Å². The molecule has 1 aromatic heterocycles. The summed E-state index contributed by atoms with van der Waals surface area (Å²) in [6.45, 7) is 3.35. The Morgan fingerprint density at radius 2 is 2.03 bits per heavy atom. The molecule has 0 saturated heterocycles. The van der Waals surface area contributed by atoms with E-state index in [2.05, 4.69) is 10.3 Å². The van der Waals surface area contributed by atoms with Crippen molar-refractivity contribution >= 4 is 34.8 Å². The van der Waals surface area contributed by atoms with Crippen LogP contribution in [0.1, 0.15) is 32.3 Å². The first kappa shape index (κ1) is 23.2. The second kappa shape index (κ2) is 10.6. The Balaban J connectivity index is 2.13. The summed E-state index contributed by atoms with van der Waals surface area (Å²) in [5.41, 5.74) is 1.03. The fourth-order valence-electron chi connectivity index (χ4n) is 3.01. The van der Waals surface area contributed by atoms with Gasteiger partial charge < -0.3 is 25.2 Å². The van der Waals surface area contributed by atoms with Gasteiger partial charge in [-0.05, 0) is 31.9 Å². The zero-order valence-corrected chi connectivity index (χ0v) is 17.2. The van der Waals surface area contributed by atoms with Crippen LogP contribution >= 0.6 is 0 Å². The number of ether oxygens (including phenoxy) is 2. The van der Waals surface area contributed by atoms with Crippen molar-refractivity contribution in [3.05, 3.63) is 35.8 Å². The third-order valence-corrected chi connectivity index (χ3v) is 4.53. The SMILES string of the molecule is CO[C@@H](Cc1c[nH]c2c(F)cccc12)C(=O)N[C@@H](CCC(=O)C=N)C(=O)OC(C)C. The molecule has 8 nitrogen and oxygen atoms in total. The lowest BCUT2D eigenvalue weighted by molar-refractivity contribution is -0.152. The lowest BCUT2D eigenvalue weighted by atomic mass is 10.0. The van der Waals surface area contributed by atoms with E-state index in [1.54, 1.807) is 32.2 Å². The number of amides is 1. The van der Waals surface area contributed by atoms with Crippen LogP contribution in [0.5, 0.6) is 0 Å². The highest BCUT2D eigenvalue weighted by Crippen LogP contribution is 2.22. The molecule has 0 aliphatic carbocycles. The molecule has 1 amide bonds. The summed E-state index contributed by atoms with van der Waals surface area (Å²) in [5.74, 6) is -2.09. The molecule has 0 saturated carbocycles. The highest BCUT2D eigenvalue weighted by atomic mass is 19.1. The fraction of sp³-hybridized carbons (Fsp3) is 0.429. The van der Waals surface area contributed by atoms with Crippen LogP contribution in [0.3, 0.4) is 0 Å². The molecule has 2 rings (SSSR count). The van der Waals surface area contributed by atoms with E-state index in [1.165, 1.54) is 13.2 Å². The molecule has 0 fully saturated rings. The number of rotatable bonds is 11. The Kier molecular flexibility index (Phi) is 8.23. The number of aromatic nitrogens is 1. The molecule has 0 radical (unpaired) electrons. The number of para-hydroxylation sites is 1. The highest BCUT2D eigenvalue weighted by Gasteiger charge is 2.28. The summed E-state index contributed by atoms with van der Waals surface area (Å²) >= 11 is 0. The average molecular weight is 419 g/mol. The molecule has 2 atom stereocenters. The van der Waals surface area contributed by atoms with E-state index < -0.39 is 41.7 Å². The first-order chi connectivity index (χ1) is 14.3. The average Bonchev–Trinajstić information content (AvgIpc) is 3.12. The standard InChI is InChI=1S/C21H26FN3O5/c1-12(2)30-21(28)17(8-7-14(26)10-23)25-20(27)18(29-3)9-13-11-24-19-15(13)5-4-6-16(19)22/h4-6,10-12,17-18,23-24H,7-9H2,1-3H3,(H,25,27)/t17-,18-/m0/s1. The van der Waals surface area contributed by atoms with E-state index in [1.807, 2.05) is 0 Å². The lowest BCUT2D eigenvalue weighted by Crippen LogP contribution is -2.48. The van der Waals surface area contributed by atoms with Crippen molar-refractivity contribution in [2.24, 2.45) is 0 Å². The first-order valence-electron chi connectivity index (χ1n) is 9.58. The molecular formula is C21H26FN3O5. The number of nitrogens with one attached hydrogen (secondary N) is 3. The van der Waals surface area contributed by atoms with Gasteiger partial charge in [-0.2, -0.15) is 0 Å². The minimum Gasteiger partial charge on any atom is -0.461 e. The summed E-state index contributed by atoms with van der Waals surface area (Å²) in [6, 6.07) is 3.60. The quantitative estimate of drug-likeness (QED) is 0.381. The normalized spacial score (nSPS) is 13.1. The molecule has 30 heavy (non-hydrogen) atoms. The molecule has 3 N–H and O–H groups in total. The van der Waals surface area contributed by atoms with Gasteiger partial charge in [0.15, 0.2) is 5.78 Å². The predicted molar refractivity (Wildman–Crippen MR) is 109 cm³/mol. The molecule has 0 aliphatic rings. The summed E-state index contributed by atoms with van der Waals surface area (Å²) < 4.78 is 24.3. The van der Waals surface area contributed by atoms with Crippen LogP contribution in [0.4, 0.5) is 4.39 Å². The summed E-state index contributed by atoms with van der Waals surface area (Å²) in [4.78, 5) is 39.4. The van der Waals surface area contributed by atoms with Crippen LogP contribution in [0.25, 0.3) is 10.9 Å². The van der Waals surface area contributed by atoms with Crippen LogP contribution in [0.15, 0.2) is 24.4 Å². The van der Waals surface area contributed by atoms with Crippen molar-refractivity contribution in [2.75, 3.05) is 7.11 Å². The van der Waals surface area contributed by atoms with Gasteiger partial charge in [0.1, 0.15) is 18.0 Å². The predicted octanol–water partition coefficient (Wildman–Crippen LogP) is 2.30. The topological polar surface area (TPSA) is 121 Å². The number of carbonyl (C=O) groups excluding carboxylic acids is 3. The van der Waals surface area contributed by atoms with Gasteiger partial charge in [0.2, 0.25) is 5.91 Å². The van der Waals surface area contributed by atoms with Gasteiger partial charge in [0.25, 0.3) is 0 Å². The summed E-state index contributed by atoms with van der Waals surface area (Å²) in [7, 11) is 1.36. The lowest BCUT2D eigenvalue weighted by Gasteiger charge is -2.22. The minimum absolute atomic E-state index is 0.000236. The van der Waals surface area contributed by atoms with Gasteiger partial charge in [-0.3, -0.25) is 9.59 Å². The monoisotopic (exact) mass is 419 g/mol. The molecule has 162 valence electrons. The minimum atomic E-state index is -1.05. The van der Waals surface area contributed by atoms with E-state index >= 15 is 0 Å². The number of H-pyrrole nitrogens is 1. The van der Waals surface area contributed by atoms with Gasteiger partial charge in [-0.25, -0.2) is 9.18 Å². The fourth-order valence-corrected chi connectivity index (χ4v) is 3.01. The molecule has 1 heterocycles. The van der Waals surface area contributed by atoms with Crippen LogP contribution in [-0.4, -0.2) is 54.2 Å². The summed E-state index contributed by atoms with van der Waals surface area (Å²) in [5, 5.41) is 10.2. The zero-order chi connectivity index (χ0) is 22.3. The van der Waals surface area contributed by atoms with Crippen LogP contribution in [0, 0.1) is 11.2 Å². The van der Waals surface area contributed by atoms with Gasteiger partial charge >= 0.3 is 5.97 Å². The molecule has 1 aromatic carbocycles. The number of methoxy groups -OCH3 is 1. The molecular weight excluding hydrogens is 393 g/mol. The van der Waals surface area contributed by atoms with Crippen molar-refractivity contribution in [1.29, 1.82) is 5.41 Å². The van der Waals surface area contributed by atoms with Crippen molar-refractivity contribution in [2.45, 2.75) is 51.4 Å². The Bertz CT molecular complexity index is 925. The van der Waals surface area contributed by atoms with Crippen LogP contribution in [0.2, 0.25) is 0 Å². The Morgan fingerprint density at radius 3 is 2.67 bits per heavy atom. The molecule has 2 aromatic rings. The maximum absolute atomic E-state index is 13.9. The number of Topliss-reactive ketones (excluding diaryl/α,β-unsaturated/α-hetero) is 1. The van der Waals surface area contributed by atoms with Crippen molar-refractivity contribution < 1.29 is 28.2 Å². The van der Waals surface area contributed by atoms with Crippen molar-refractivity contribution in [3.8, 4) is 0 Å². The van der Waals surface area contributed by atoms with Crippen molar-refractivity contribution in [1.82, 2.24) is 10.3 Å². The maximum atomic E-state index is 13.9. The molecule has 9 heteroatoms. The second-order valence-electron chi connectivity index (χ2n) is 7.10. The molecule has 0 aliphatic heterocycles. The van der Waals surface area contributed by atoms with E-state index in [-0.39, 0.29) is 19.3 Å². The largest absolute Gasteiger partial charge is 0.461 e. The van der Waals surface area contributed by atoms with E-state index in [4.69, 9.17) is 14.9 Å². The Labute approximate surface area is 173 Å². The maximum Gasteiger partial charge on any atom is 0.328 e. The number of carbonyl (C=O) groups is 3. The molecule has 0 bridgehead atoms. The van der Waals surface area contributed by atoms with E-state index in [0.717, 1.165) is 0 Å². The number of fused-ring (bicyclic) bond motifs is 1. The zero-order valence-electron chi connectivity index (χ0n) is 17.2. The number of esters is 1.